The minimum atomic E-state index is -2.36. The van der Waals surface area contributed by atoms with Gasteiger partial charge < -0.3 is 4.89 Å². The Kier molecular flexibility index (Phi) is 7.98. The van der Waals surface area contributed by atoms with E-state index in [2.05, 4.69) is 6.92 Å². The van der Waals surface area contributed by atoms with Gasteiger partial charge in [0.05, 0.1) is 0 Å². The monoisotopic (exact) mass is 176 g/mol. The second-order valence-electron chi connectivity index (χ2n) is 2.59. The van der Waals surface area contributed by atoms with Crippen molar-refractivity contribution < 1.29 is 9.46 Å². The van der Waals surface area contributed by atoms with Crippen LogP contribution in [0.2, 0.25) is 0 Å². The maximum Gasteiger partial charge on any atom is 0.210 e. The fraction of sp³-hybridized carbons (Fsp3) is 0.750. The molecule has 0 aliphatic heterocycles. The molecule has 0 saturated carbocycles. The van der Waals surface area contributed by atoms with Crippen LogP contribution in [0.25, 0.3) is 0 Å². The van der Waals surface area contributed by atoms with Gasteiger partial charge in [-0.2, -0.15) is 0 Å². The molecule has 2 nitrogen and oxygen atoms in total. The highest BCUT2D eigenvalue weighted by Crippen LogP contribution is 2.15. The lowest BCUT2D eigenvalue weighted by Crippen LogP contribution is -1.72. The minimum absolute atomic E-state index is 0.941. The predicted octanol–water partition coefficient (Wildman–Crippen LogP) is 2.94. The molecule has 1 atom stereocenters. The molecule has 0 spiro atoms. The second kappa shape index (κ2) is 8.03. The first-order chi connectivity index (χ1) is 5.27. The third-order valence-corrected chi connectivity index (χ3v) is 2.01. The molecule has 0 aromatic carbocycles. The van der Waals surface area contributed by atoms with Gasteiger partial charge in [-0.3, -0.25) is 4.57 Å². The highest BCUT2D eigenvalue weighted by molar-refractivity contribution is 7.41. The highest BCUT2D eigenvalue weighted by Gasteiger charge is 1.85. The van der Waals surface area contributed by atoms with E-state index in [1.54, 1.807) is 6.08 Å². The van der Waals surface area contributed by atoms with Crippen LogP contribution in [0.15, 0.2) is 11.9 Å². The van der Waals surface area contributed by atoms with Crippen LogP contribution in [0, 0.1) is 0 Å². The topological polar surface area (TPSA) is 37.3 Å². The minimum Gasteiger partial charge on any atom is -0.344 e. The van der Waals surface area contributed by atoms with Crippen molar-refractivity contribution in [3.05, 3.63) is 11.9 Å². The number of rotatable bonds is 6. The third kappa shape index (κ3) is 9.93. The van der Waals surface area contributed by atoms with Crippen molar-refractivity contribution in [2.75, 3.05) is 0 Å². The van der Waals surface area contributed by atoms with Gasteiger partial charge in [0.25, 0.3) is 0 Å². The van der Waals surface area contributed by atoms with Crippen molar-refractivity contribution >= 4 is 8.03 Å². The number of hydrogen-bond donors (Lipinski definition) is 1. The van der Waals surface area contributed by atoms with E-state index in [9.17, 15) is 4.57 Å². The first-order valence-corrected chi connectivity index (χ1v) is 5.60. The van der Waals surface area contributed by atoms with E-state index in [0.29, 0.717) is 0 Å². The molecule has 0 aromatic heterocycles. The molecular formula is C8H17O2P. The molecule has 0 heterocycles. The van der Waals surface area contributed by atoms with Crippen LogP contribution in [0.4, 0.5) is 0 Å². The summed E-state index contributed by atoms with van der Waals surface area (Å²) in [7, 11) is -2.36. The third-order valence-electron chi connectivity index (χ3n) is 1.48. The summed E-state index contributed by atoms with van der Waals surface area (Å²) in [5.74, 6) is 1.40. The molecule has 0 bridgehead atoms. The lowest BCUT2D eigenvalue weighted by atomic mass is 10.2. The standard InChI is InChI=1S/C8H17O2P/c1-2-3-4-5-6-7-8-11(9)10/h7-8,11H,2-6H2,1H3,(H,9,10). The summed E-state index contributed by atoms with van der Waals surface area (Å²) in [6.07, 6.45) is 7.61. The van der Waals surface area contributed by atoms with E-state index < -0.39 is 8.03 Å². The number of unbranched alkanes of at least 4 members (excludes halogenated alkanes) is 4. The van der Waals surface area contributed by atoms with Gasteiger partial charge in [0.15, 0.2) is 0 Å². The zero-order chi connectivity index (χ0) is 8.53. The average Bonchev–Trinajstić information content (AvgIpc) is 1.96. The van der Waals surface area contributed by atoms with Gasteiger partial charge >= 0.3 is 0 Å². The fourth-order valence-corrected chi connectivity index (χ4v) is 1.24. The summed E-state index contributed by atoms with van der Waals surface area (Å²) in [6, 6.07) is 0. The lowest BCUT2D eigenvalue weighted by Gasteiger charge is -1.92. The van der Waals surface area contributed by atoms with Gasteiger partial charge in [-0.25, -0.2) is 0 Å². The Labute approximate surface area is 69.2 Å². The summed E-state index contributed by atoms with van der Waals surface area (Å²) in [4.78, 5) is 8.41. The van der Waals surface area contributed by atoms with E-state index >= 15 is 0 Å². The quantitative estimate of drug-likeness (QED) is 0.499. The Morgan fingerprint density at radius 2 is 2.09 bits per heavy atom. The van der Waals surface area contributed by atoms with Crippen LogP contribution in [-0.2, 0) is 4.57 Å². The first kappa shape index (κ1) is 10.9. The van der Waals surface area contributed by atoms with Crippen molar-refractivity contribution in [3.63, 3.8) is 0 Å². The maximum absolute atomic E-state index is 10.2. The second-order valence-corrected chi connectivity index (χ2v) is 3.60. The SMILES string of the molecule is CCCCCCC=C[PH](=O)O. The smallest absolute Gasteiger partial charge is 0.210 e. The van der Waals surface area contributed by atoms with Crippen molar-refractivity contribution in [2.45, 2.75) is 39.0 Å². The summed E-state index contributed by atoms with van der Waals surface area (Å²) in [5.41, 5.74) is 0. The zero-order valence-corrected chi connectivity index (χ0v) is 8.05. The molecule has 1 unspecified atom stereocenters. The Morgan fingerprint density at radius 1 is 1.36 bits per heavy atom. The molecule has 0 fully saturated rings. The van der Waals surface area contributed by atoms with Gasteiger partial charge in [0.2, 0.25) is 8.03 Å². The molecule has 11 heavy (non-hydrogen) atoms. The van der Waals surface area contributed by atoms with Gasteiger partial charge in [0.1, 0.15) is 0 Å². The van der Waals surface area contributed by atoms with E-state index in [4.69, 9.17) is 4.89 Å². The van der Waals surface area contributed by atoms with E-state index in [-0.39, 0.29) is 0 Å². The van der Waals surface area contributed by atoms with Crippen LogP contribution < -0.4 is 0 Å². The van der Waals surface area contributed by atoms with Crippen molar-refractivity contribution in [1.29, 1.82) is 0 Å². The van der Waals surface area contributed by atoms with Crippen molar-refractivity contribution in [1.82, 2.24) is 0 Å². The normalized spacial score (nSPS) is 14.0. The molecule has 0 radical (unpaired) electrons. The van der Waals surface area contributed by atoms with Crippen LogP contribution in [0.1, 0.15) is 39.0 Å². The number of hydrogen-bond acceptors (Lipinski definition) is 1. The van der Waals surface area contributed by atoms with Gasteiger partial charge in [-0.15, -0.1) is 0 Å². The average molecular weight is 176 g/mol. The van der Waals surface area contributed by atoms with Crippen molar-refractivity contribution in [2.24, 2.45) is 0 Å². The largest absolute Gasteiger partial charge is 0.344 e. The van der Waals surface area contributed by atoms with Crippen LogP contribution in [0.5, 0.6) is 0 Å². The van der Waals surface area contributed by atoms with Crippen molar-refractivity contribution in [3.8, 4) is 0 Å². The van der Waals surface area contributed by atoms with E-state index in [1.807, 2.05) is 0 Å². The maximum atomic E-state index is 10.2. The van der Waals surface area contributed by atoms with Crippen LogP contribution in [-0.4, -0.2) is 4.89 Å². The molecule has 66 valence electrons. The zero-order valence-electron chi connectivity index (χ0n) is 7.05. The molecule has 0 saturated heterocycles. The lowest BCUT2D eigenvalue weighted by molar-refractivity contribution is 0.512. The summed E-state index contributed by atoms with van der Waals surface area (Å²) in [5, 5.41) is 0. The highest BCUT2D eigenvalue weighted by atomic mass is 31.1. The van der Waals surface area contributed by atoms with E-state index in [0.717, 1.165) is 12.8 Å². The Bertz CT molecular complexity index is 132. The molecule has 0 aliphatic rings. The van der Waals surface area contributed by atoms with E-state index in [1.165, 1.54) is 25.1 Å². The van der Waals surface area contributed by atoms with Gasteiger partial charge in [-0.05, 0) is 18.7 Å². The Morgan fingerprint density at radius 3 is 2.64 bits per heavy atom. The molecular weight excluding hydrogens is 159 g/mol. The first-order valence-electron chi connectivity index (χ1n) is 4.17. The predicted molar refractivity (Wildman–Crippen MR) is 49.1 cm³/mol. The van der Waals surface area contributed by atoms with Gasteiger partial charge in [-0.1, -0.05) is 32.3 Å². The fourth-order valence-electron chi connectivity index (χ4n) is 0.873. The molecule has 0 aliphatic carbocycles. The summed E-state index contributed by atoms with van der Waals surface area (Å²) >= 11 is 0. The molecule has 0 rings (SSSR count). The molecule has 1 N–H and O–H groups in total. The summed E-state index contributed by atoms with van der Waals surface area (Å²) < 4.78 is 10.2. The molecule has 0 aromatic rings. The Balaban J connectivity index is 3.07. The van der Waals surface area contributed by atoms with Gasteiger partial charge in [0, 0.05) is 0 Å². The summed E-state index contributed by atoms with van der Waals surface area (Å²) in [6.45, 7) is 2.17. The number of allylic oxidation sites excluding steroid dienone is 1. The van der Waals surface area contributed by atoms with Crippen LogP contribution in [0.3, 0.4) is 0 Å². The van der Waals surface area contributed by atoms with Crippen LogP contribution >= 0.6 is 8.03 Å². The molecule has 3 heteroatoms. The molecule has 0 amide bonds. The Hall–Kier alpha value is -0.0700.